The Morgan fingerprint density at radius 2 is 2.07 bits per heavy atom. The van der Waals surface area contributed by atoms with Crippen molar-refractivity contribution < 1.29 is 14.3 Å². The Balaban J connectivity index is 1.36. The van der Waals surface area contributed by atoms with Gasteiger partial charge in [-0.3, -0.25) is 14.8 Å². The molecule has 0 aliphatic carbocycles. The number of aromatic amines is 1. The summed E-state index contributed by atoms with van der Waals surface area (Å²) in [5, 5.41) is 17.1. The predicted octanol–water partition coefficient (Wildman–Crippen LogP) is 2.38. The molecule has 0 unspecified atom stereocenters. The van der Waals surface area contributed by atoms with Gasteiger partial charge in [0.25, 0.3) is 0 Å². The molecule has 28 heavy (non-hydrogen) atoms. The zero-order valence-corrected chi connectivity index (χ0v) is 16.0. The van der Waals surface area contributed by atoms with E-state index in [1.807, 2.05) is 11.0 Å². The fourth-order valence-electron chi connectivity index (χ4n) is 4.38. The van der Waals surface area contributed by atoms with Crippen molar-refractivity contribution in [3.8, 4) is 11.1 Å². The van der Waals surface area contributed by atoms with Crippen LogP contribution in [0.2, 0.25) is 0 Å². The molecule has 150 valence electrons. The second-order valence-electron chi connectivity index (χ2n) is 7.89. The highest BCUT2D eigenvalue weighted by Gasteiger charge is 2.28. The molecular formula is C21H27FN4O2. The molecule has 2 aliphatic rings. The molecule has 2 fully saturated rings. The lowest BCUT2D eigenvalue weighted by Crippen LogP contribution is -2.47. The molecule has 3 heterocycles. The number of H-pyrrole nitrogens is 1. The molecule has 4 rings (SSSR count). The van der Waals surface area contributed by atoms with E-state index in [0.29, 0.717) is 26.2 Å². The number of nitrogens with zero attached hydrogens (tertiary/aromatic N) is 3. The average molecular weight is 386 g/mol. The Bertz CT molecular complexity index is 816. The van der Waals surface area contributed by atoms with Crippen LogP contribution in [0.25, 0.3) is 11.1 Å². The molecule has 1 atom stereocenters. The number of aliphatic hydroxyl groups is 1. The fraction of sp³-hybridized carbons (Fsp3) is 0.524. The van der Waals surface area contributed by atoms with E-state index in [1.165, 1.54) is 12.1 Å². The fourth-order valence-corrected chi connectivity index (χ4v) is 4.38. The van der Waals surface area contributed by atoms with Gasteiger partial charge in [-0.25, -0.2) is 4.39 Å². The number of amides is 1. The van der Waals surface area contributed by atoms with Gasteiger partial charge >= 0.3 is 0 Å². The summed E-state index contributed by atoms with van der Waals surface area (Å²) in [4.78, 5) is 16.6. The van der Waals surface area contributed by atoms with Crippen LogP contribution in [-0.2, 0) is 4.79 Å². The third-order valence-electron chi connectivity index (χ3n) is 5.90. The molecule has 0 spiro atoms. The molecule has 6 nitrogen and oxygen atoms in total. The molecule has 2 aromatic rings. The summed E-state index contributed by atoms with van der Waals surface area (Å²) in [6.07, 6.45) is 4.93. The van der Waals surface area contributed by atoms with Crippen LogP contribution in [0.15, 0.2) is 30.5 Å². The van der Waals surface area contributed by atoms with Crippen LogP contribution in [0, 0.1) is 5.82 Å². The van der Waals surface area contributed by atoms with E-state index in [4.69, 9.17) is 0 Å². The maximum Gasteiger partial charge on any atom is 0.236 e. The van der Waals surface area contributed by atoms with E-state index in [9.17, 15) is 14.3 Å². The van der Waals surface area contributed by atoms with Crippen molar-refractivity contribution in [3.63, 3.8) is 0 Å². The lowest BCUT2D eigenvalue weighted by atomic mass is 9.89. The third-order valence-corrected chi connectivity index (χ3v) is 5.90. The Labute approximate surface area is 164 Å². The smallest absolute Gasteiger partial charge is 0.236 e. The summed E-state index contributed by atoms with van der Waals surface area (Å²) < 4.78 is 13.6. The summed E-state index contributed by atoms with van der Waals surface area (Å²) in [5.41, 5.74) is 2.79. The monoisotopic (exact) mass is 386 g/mol. The largest absolute Gasteiger partial charge is 0.392 e. The Hall–Kier alpha value is -2.25. The Morgan fingerprint density at radius 3 is 2.82 bits per heavy atom. The van der Waals surface area contributed by atoms with Gasteiger partial charge in [0.15, 0.2) is 0 Å². The molecule has 0 radical (unpaired) electrons. The second-order valence-corrected chi connectivity index (χ2v) is 7.89. The summed E-state index contributed by atoms with van der Waals surface area (Å²) >= 11 is 0. The van der Waals surface area contributed by atoms with Crippen LogP contribution in [0.5, 0.6) is 0 Å². The maximum absolute atomic E-state index is 13.6. The lowest BCUT2D eigenvalue weighted by Gasteiger charge is -2.35. The van der Waals surface area contributed by atoms with Crippen LogP contribution in [0.3, 0.4) is 0 Å². The van der Waals surface area contributed by atoms with E-state index < -0.39 is 0 Å². The summed E-state index contributed by atoms with van der Waals surface area (Å²) in [6.45, 7) is 3.28. The van der Waals surface area contributed by atoms with Crippen molar-refractivity contribution in [1.82, 2.24) is 20.0 Å². The first-order chi connectivity index (χ1) is 13.6. The summed E-state index contributed by atoms with van der Waals surface area (Å²) in [7, 11) is 0. The number of hydrogen-bond acceptors (Lipinski definition) is 4. The first-order valence-corrected chi connectivity index (χ1v) is 10.1. The number of aromatic nitrogens is 2. The molecule has 2 aliphatic heterocycles. The van der Waals surface area contributed by atoms with Crippen LogP contribution in [0.1, 0.15) is 37.3 Å². The first kappa shape index (κ1) is 19.1. The predicted molar refractivity (Wildman–Crippen MR) is 104 cm³/mol. The number of hydrogen-bond donors (Lipinski definition) is 2. The number of β-amino-alcohol motifs (C(OH)–C–C–N with tert-alkyl or cyclic N) is 1. The normalized spacial score (nSPS) is 21.8. The van der Waals surface area contributed by atoms with Crippen LogP contribution >= 0.6 is 0 Å². The van der Waals surface area contributed by atoms with E-state index in [-0.39, 0.29) is 23.7 Å². The van der Waals surface area contributed by atoms with Gasteiger partial charge in [0.2, 0.25) is 5.91 Å². The van der Waals surface area contributed by atoms with Gasteiger partial charge < -0.3 is 10.0 Å². The Kier molecular flexibility index (Phi) is 5.73. The van der Waals surface area contributed by atoms with Crippen molar-refractivity contribution in [2.24, 2.45) is 0 Å². The number of nitrogens with one attached hydrogen (secondary N) is 1. The number of carbonyl (C=O) groups excluding carboxylic acids is 1. The molecule has 1 aromatic carbocycles. The van der Waals surface area contributed by atoms with Crippen molar-refractivity contribution in [2.45, 2.75) is 37.7 Å². The quantitative estimate of drug-likeness (QED) is 0.846. The number of likely N-dealkylation sites (tertiary alicyclic amines) is 2. The second kappa shape index (κ2) is 8.41. The van der Waals surface area contributed by atoms with Gasteiger partial charge in [-0.05, 0) is 49.9 Å². The molecule has 1 amide bonds. The third kappa shape index (κ3) is 4.25. The van der Waals surface area contributed by atoms with E-state index in [2.05, 4.69) is 15.1 Å². The topological polar surface area (TPSA) is 72.5 Å². The van der Waals surface area contributed by atoms with Gasteiger partial charge in [-0.2, -0.15) is 5.10 Å². The van der Waals surface area contributed by atoms with Gasteiger partial charge in [0, 0.05) is 36.8 Å². The highest BCUT2D eigenvalue weighted by molar-refractivity contribution is 5.78. The van der Waals surface area contributed by atoms with Crippen LogP contribution < -0.4 is 0 Å². The summed E-state index contributed by atoms with van der Waals surface area (Å²) in [5.74, 6) is 0.164. The van der Waals surface area contributed by atoms with E-state index in [1.54, 1.807) is 12.3 Å². The summed E-state index contributed by atoms with van der Waals surface area (Å²) in [6, 6.07) is 6.57. The van der Waals surface area contributed by atoms with Gasteiger partial charge in [-0.1, -0.05) is 12.1 Å². The first-order valence-electron chi connectivity index (χ1n) is 10.1. The van der Waals surface area contributed by atoms with Gasteiger partial charge in [0.05, 0.1) is 18.8 Å². The van der Waals surface area contributed by atoms with Crippen molar-refractivity contribution >= 4 is 5.91 Å². The lowest BCUT2D eigenvalue weighted by molar-refractivity contribution is -0.134. The van der Waals surface area contributed by atoms with Crippen molar-refractivity contribution in [1.29, 1.82) is 0 Å². The Morgan fingerprint density at radius 1 is 1.25 bits per heavy atom. The van der Waals surface area contributed by atoms with E-state index in [0.717, 1.165) is 49.0 Å². The number of carbonyl (C=O) groups is 1. The molecule has 2 saturated heterocycles. The number of halogens is 1. The minimum Gasteiger partial charge on any atom is -0.392 e. The number of aliphatic hydroxyl groups excluding tert-OH is 1. The van der Waals surface area contributed by atoms with Crippen LogP contribution in [-0.4, -0.2) is 69.8 Å². The SMILES string of the molecule is O=C(CN1CCC[C@H](O)C1)N1CCC(c2[nH]ncc2-c2cccc(F)c2)CC1. The number of piperidine rings is 2. The van der Waals surface area contributed by atoms with Crippen LogP contribution in [0.4, 0.5) is 4.39 Å². The minimum atomic E-state index is -0.311. The maximum atomic E-state index is 13.6. The molecule has 2 N–H and O–H groups in total. The molecule has 1 aromatic heterocycles. The van der Waals surface area contributed by atoms with Gasteiger partial charge in [-0.15, -0.1) is 0 Å². The number of rotatable bonds is 4. The minimum absolute atomic E-state index is 0.141. The zero-order chi connectivity index (χ0) is 19.5. The van der Waals surface area contributed by atoms with Crippen molar-refractivity contribution in [3.05, 3.63) is 42.0 Å². The van der Waals surface area contributed by atoms with Crippen molar-refractivity contribution in [2.75, 3.05) is 32.7 Å². The van der Waals surface area contributed by atoms with Gasteiger partial charge in [0.1, 0.15) is 5.82 Å². The zero-order valence-electron chi connectivity index (χ0n) is 16.0. The molecule has 0 saturated carbocycles. The molecular weight excluding hydrogens is 359 g/mol. The molecule has 0 bridgehead atoms. The highest BCUT2D eigenvalue weighted by Crippen LogP contribution is 2.34. The highest BCUT2D eigenvalue weighted by atomic mass is 19.1. The molecule has 7 heteroatoms. The average Bonchev–Trinajstić information content (AvgIpc) is 3.18. The van der Waals surface area contributed by atoms with E-state index >= 15 is 0 Å². The standard InChI is InChI=1S/C21H27FN4O2/c22-17-4-1-3-16(11-17)19-12-23-24-21(19)15-6-9-26(10-7-15)20(28)14-25-8-2-5-18(27)13-25/h1,3-4,11-12,15,18,27H,2,5-10,13-14H2,(H,23,24)/t18-/m0/s1. The number of benzene rings is 1.